The number of amides is 3. The van der Waals surface area contributed by atoms with E-state index in [1.54, 1.807) is 6.92 Å². The van der Waals surface area contributed by atoms with E-state index in [9.17, 15) is 9.59 Å². The summed E-state index contributed by atoms with van der Waals surface area (Å²) in [5, 5.41) is 3.25. The number of nitrogens with one attached hydrogen (secondary N) is 1. The quantitative estimate of drug-likeness (QED) is 0.849. The van der Waals surface area contributed by atoms with Gasteiger partial charge in [0, 0.05) is 52.2 Å². The Labute approximate surface area is 175 Å². The summed E-state index contributed by atoms with van der Waals surface area (Å²) in [5.41, 5.74) is 1.32. The third-order valence-electron chi connectivity index (χ3n) is 6.24. The summed E-state index contributed by atoms with van der Waals surface area (Å²) in [6.07, 6.45) is 1.67. The second-order valence-electron chi connectivity index (χ2n) is 9.53. The van der Waals surface area contributed by atoms with Gasteiger partial charge in [-0.15, -0.1) is 0 Å². The van der Waals surface area contributed by atoms with Crippen LogP contribution in [0.3, 0.4) is 0 Å². The Bertz CT molecular complexity index is 693. The van der Waals surface area contributed by atoms with Crippen molar-refractivity contribution in [2.75, 3.05) is 32.7 Å². The number of benzene rings is 1. The van der Waals surface area contributed by atoms with E-state index in [4.69, 9.17) is 0 Å². The van der Waals surface area contributed by atoms with Gasteiger partial charge in [0.2, 0.25) is 5.91 Å². The highest BCUT2D eigenvalue weighted by Gasteiger charge is 2.38. The van der Waals surface area contributed by atoms with E-state index < -0.39 is 0 Å². The highest BCUT2D eigenvalue weighted by atomic mass is 16.2. The molecule has 0 bridgehead atoms. The van der Waals surface area contributed by atoms with Crippen LogP contribution in [-0.4, -0.2) is 71.4 Å². The van der Waals surface area contributed by atoms with E-state index in [2.05, 4.69) is 55.3 Å². The zero-order chi connectivity index (χ0) is 21.0. The maximum atomic E-state index is 13.1. The van der Waals surface area contributed by atoms with Gasteiger partial charge in [-0.3, -0.25) is 9.69 Å². The molecule has 1 aromatic rings. The van der Waals surface area contributed by atoms with E-state index in [0.717, 1.165) is 52.1 Å². The lowest BCUT2D eigenvalue weighted by Gasteiger charge is -2.47. The van der Waals surface area contributed by atoms with Crippen LogP contribution in [0, 0.1) is 5.41 Å². The van der Waals surface area contributed by atoms with Gasteiger partial charge in [-0.2, -0.15) is 0 Å². The van der Waals surface area contributed by atoms with Gasteiger partial charge in [-0.05, 0) is 23.8 Å². The van der Waals surface area contributed by atoms with Gasteiger partial charge in [0.15, 0.2) is 0 Å². The number of rotatable bonds is 3. The molecule has 2 heterocycles. The fourth-order valence-electron chi connectivity index (χ4n) is 4.41. The Kier molecular flexibility index (Phi) is 6.83. The Hall–Kier alpha value is -2.08. The SMILES string of the molecule is CC(=O)N1CCC(NC(=O)N2CCN(Cc3ccccc3)C[C@@H]2C(C)(C)C)CC1. The predicted octanol–water partition coefficient (Wildman–Crippen LogP) is 2.94. The van der Waals surface area contributed by atoms with E-state index in [0.29, 0.717) is 0 Å². The van der Waals surface area contributed by atoms with E-state index in [1.807, 2.05) is 15.9 Å². The predicted molar refractivity (Wildman–Crippen MR) is 115 cm³/mol. The molecule has 6 nitrogen and oxygen atoms in total. The first-order chi connectivity index (χ1) is 13.7. The Morgan fingerprint density at radius 2 is 1.69 bits per heavy atom. The Morgan fingerprint density at radius 1 is 1.03 bits per heavy atom. The lowest BCUT2D eigenvalue weighted by atomic mass is 9.84. The van der Waals surface area contributed by atoms with Crippen molar-refractivity contribution in [2.24, 2.45) is 5.41 Å². The second kappa shape index (κ2) is 9.16. The topological polar surface area (TPSA) is 55.9 Å². The first-order valence-electron chi connectivity index (χ1n) is 10.8. The molecule has 3 amide bonds. The fraction of sp³-hybridized carbons (Fsp3) is 0.652. The highest BCUT2D eigenvalue weighted by molar-refractivity contribution is 5.75. The van der Waals surface area contributed by atoms with Gasteiger partial charge in [0.05, 0.1) is 6.04 Å². The van der Waals surface area contributed by atoms with Crippen LogP contribution in [-0.2, 0) is 11.3 Å². The molecule has 0 saturated carbocycles. The van der Waals surface area contributed by atoms with Crippen LogP contribution in [0.15, 0.2) is 30.3 Å². The van der Waals surface area contributed by atoms with Crippen LogP contribution in [0.2, 0.25) is 0 Å². The number of urea groups is 1. The molecule has 2 saturated heterocycles. The molecule has 1 N–H and O–H groups in total. The molecule has 3 rings (SSSR count). The molecular weight excluding hydrogens is 364 g/mol. The summed E-state index contributed by atoms with van der Waals surface area (Å²) < 4.78 is 0. The normalized spacial score (nSPS) is 21.9. The van der Waals surface area contributed by atoms with Crippen LogP contribution in [0.4, 0.5) is 4.79 Å². The first-order valence-corrected chi connectivity index (χ1v) is 10.8. The summed E-state index contributed by atoms with van der Waals surface area (Å²) in [6.45, 7) is 13.2. The maximum absolute atomic E-state index is 13.1. The van der Waals surface area contributed by atoms with Crippen molar-refractivity contribution in [3.63, 3.8) is 0 Å². The minimum Gasteiger partial charge on any atom is -0.343 e. The molecule has 29 heavy (non-hydrogen) atoms. The van der Waals surface area contributed by atoms with Crippen molar-refractivity contribution in [1.29, 1.82) is 0 Å². The number of likely N-dealkylation sites (tertiary alicyclic amines) is 1. The number of hydrogen-bond donors (Lipinski definition) is 1. The molecule has 1 aromatic carbocycles. The summed E-state index contributed by atoms with van der Waals surface area (Å²) in [5.74, 6) is 0.122. The van der Waals surface area contributed by atoms with Gasteiger partial charge in [-0.1, -0.05) is 51.1 Å². The van der Waals surface area contributed by atoms with Crippen molar-refractivity contribution >= 4 is 11.9 Å². The number of carbonyl (C=O) groups excluding carboxylic acids is 2. The fourth-order valence-corrected chi connectivity index (χ4v) is 4.41. The number of piperidine rings is 1. The van der Waals surface area contributed by atoms with Crippen LogP contribution in [0.25, 0.3) is 0 Å². The number of nitrogens with zero attached hydrogens (tertiary/aromatic N) is 3. The molecule has 0 spiro atoms. The van der Waals surface area contributed by atoms with Crippen molar-refractivity contribution in [2.45, 2.75) is 59.2 Å². The average molecular weight is 401 g/mol. The number of carbonyl (C=O) groups is 2. The smallest absolute Gasteiger partial charge is 0.317 e. The molecule has 6 heteroatoms. The Balaban J connectivity index is 1.59. The molecule has 2 fully saturated rings. The lowest BCUT2D eigenvalue weighted by molar-refractivity contribution is -0.129. The minimum atomic E-state index is 0.00465. The molecule has 2 aliphatic rings. The summed E-state index contributed by atoms with van der Waals surface area (Å²) >= 11 is 0. The molecule has 160 valence electrons. The maximum Gasteiger partial charge on any atom is 0.317 e. The second-order valence-corrected chi connectivity index (χ2v) is 9.53. The van der Waals surface area contributed by atoms with Gasteiger partial charge in [0.1, 0.15) is 0 Å². The monoisotopic (exact) mass is 400 g/mol. The Morgan fingerprint density at radius 3 is 2.28 bits per heavy atom. The molecule has 0 radical (unpaired) electrons. The van der Waals surface area contributed by atoms with Crippen molar-refractivity contribution < 1.29 is 9.59 Å². The third-order valence-corrected chi connectivity index (χ3v) is 6.24. The van der Waals surface area contributed by atoms with E-state index in [-0.39, 0.29) is 29.4 Å². The van der Waals surface area contributed by atoms with Crippen molar-refractivity contribution in [1.82, 2.24) is 20.0 Å². The number of piperazine rings is 1. The highest BCUT2D eigenvalue weighted by Crippen LogP contribution is 2.28. The van der Waals surface area contributed by atoms with Crippen LogP contribution >= 0.6 is 0 Å². The summed E-state index contributed by atoms with van der Waals surface area (Å²) in [7, 11) is 0. The van der Waals surface area contributed by atoms with E-state index in [1.165, 1.54) is 5.56 Å². The third kappa shape index (κ3) is 5.72. The average Bonchev–Trinajstić information content (AvgIpc) is 2.68. The van der Waals surface area contributed by atoms with Gasteiger partial charge >= 0.3 is 6.03 Å². The largest absolute Gasteiger partial charge is 0.343 e. The van der Waals surface area contributed by atoms with Crippen LogP contribution < -0.4 is 5.32 Å². The van der Waals surface area contributed by atoms with Gasteiger partial charge < -0.3 is 15.1 Å². The zero-order valence-electron chi connectivity index (χ0n) is 18.4. The molecular formula is C23H36N4O2. The van der Waals surface area contributed by atoms with Crippen LogP contribution in [0.5, 0.6) is 0 Å². The summed E-state index contributed by atoms with van der Waals surface area (Å²) in [4.78, 5) is 31.0. The first kappa shape index (κ1) is 21.6. The van der Waals surface area contributed by atoms with Crippen molar-refractivity contribution in [3.8, 4) is 0 Å². The molecule has 2 aliphatic heterocycles. The van der Waals surface area contributed by atoms with Crippen LogP contribution in [0.1, 0.15) is 46.1 Å². The van der Waals surface area contributed by atoms with Crippen molar-refractivity contribution in [3.05, 3.63) is 35.9 Å². The molecule has 0 unspecified atom stereocenters. The number of hydrogen-bond acceptors (Lipinski definition) is 3. The van der Waals surface area contributed by atoms with Gasteiger partial charge in [-0.25, -0.2) is 4.79 Å². The van der Waals surface area contributed by atoms with E-state index >= 15 is 0 Å². The molecule has 0 aromatic heterocycles. The molecule has 1 atom stereocenters. The summed E-state index contributed by atoms with van der Waals surface area (Å²) in [6, 6.07) is 10.9. The standard InChI is InChI=1S/C23H36N4O2/c1-18(28)26-12-10-20(11-13-26)24-22(29)27-15-14-25(17-21(27)23(2,3)4)16-19-8-6-5-7-9-19/h5-9,20-21H,10-17H2,1-4H3,(H,24,29)/t21-/m1/s1. The van der Waals surface area contributed by atoms with Gasteiger partial charge in [0.25, 0.3) is 0 Å². The molecule has 0 aliphatic carbocycles. The zero-order valence-corrected chi connectivity index (χ0v) is 18.4. The minimum absolute atomic E-state index is 0.00465. The lowest BCUT2D eigenvalue weighted by Crippen LogP contribution is -2.62.